The molecule has 3 rings (SSSR count). The maximum Gasteiger partial charge on any atom is 0.474 e. The number of hydrogen-bond donors (Lipinski definition) is 0. The maximum absolute atomic E-state index is 11.9. The van der Waals surface area contributed by atoms with E-state index in [1.807, 2.05) is 48.5 Å². The number of tetrazole rings is 1. The van der Waals surface area contributed by atoms with Gasteiger partial charge in [0.2, 0.25) is 5.82 Å². The van der Waals surface area contributed by atoms with Crippen molar-refractivity contribution >= 4 is 23.8 Å². The molecule has 0 aliphatic heterocycles. The highest BCUT2D eigenvalue weighted by Gasteiger charge is 2.22. The van der Waals surface area contributed by atoms with Crippen molar-refractivity contribution in [2.45, 2.75) is 13.2 Å². The maximum atomic E-state index is 11.9. The van der Waals surface area contributed by atoms with Crippen LogP contribution in [0.4, 0.5) is 0 Å². The van der Waals surface area contributed by atoms with Crippen LogP contribution in [-0.4, -0.2) is 34.4 Å². The van der Waals surface area contributed by atoms with Crippen molar-refractivity contribution < 1.29 is 18.1 Å². The van der Waals surface area contributed by atoms with Gasteiger partial charge < -0.3 is 0 Å². The van der Waals surface area contributed by atoms with E-state index in [1.165, 1.54) is 19.0 Å². The van der Waals surface area contributed by atoms with Crippen LogP contribution in [0.25, 0.3) is 11.4 Å². The quantitative estimate of drug-likeness (QED) is 0.475. The average molecular weight is 453 g/mol. The van der Waals surface area contributed by atoms with Gasteiger partial charge in [0.15, 0.2) is 0 Å². The summed E-state index contributed by atoms with van der Waals surface area (Å²) in [6.07, 6.45) is 0. The van der Waals surface area contributed by atoms with Crippen molar-refractivity contribution in [1.29, 1.82) is 0 Å². The molecule has 0 N–H and O–H groups in total. The summed E-state index contributed by atoms with van der Waals surface area (Å²) in [6.45, 7) is 0.602. The minimum atomic E-state index is -3.48. The van der Waals surface area contributed by atoms with E-state index in [0.717, 1.165) is 21.2 Å². The normalized spacial score (nSPS) is 11.7. The van der Waals surface area contributed by atoms with Gasteiger partial charge in [-0.15, -0.1) is 10.2 Å². The molecule has 2 aromatic carbocycles. The van der Waals surface area contributed by atoms with Gasteiger partial charge in [-0.2, -0.15) is 4.80 Å². The molecule has 0 saturated carbocycles. The lowest BCUT2D eigenvalue weighted by molar-refractivity contribution is 0.146. The van der Waals surface area contributed by atoms with Crippen LogP contribution in [0.1, 0.15) is 11.1 Å². The molecule has 0 bridgehead atoms. The van der Waals surface area contributed by atoms with Crippen molar-refractivity contribution in [3.63, 3.8) is 0 Å². The molecule has 142 valence electrons. The number of hydrogen-bond acceptors (Lipinski definition) is 7. The van der Waals surface area contributed by atoms with Gasteiger partial charge in [-0.3, -0.25) is 13.6 Å². The van der Waals surface area contributed by atoms with Crippen LogP contribution in [0, 0.1) is 0 Å². The second-order valence-corrected chi connectivity index (χ2v) is 8.35. The van der Waals surface area contributed by atoms with Gasteiger partial charge in [0.1, 0.15) is 0 Å². The standard InChI is InChI=1S/C17H18BrN4O4P/c1-24-27(23,25-2)26-12-14-8-6-13(7-9-14)11-22-20-17(19-21-22)15-4-3-5-16(18)10-15/h3-10H,11-12H2,1-2H3. The third-order valence-electron chi connectivity index (χ3n) is 3.72. The lowest BCUT2D eigenvalue weighted by atomic mass is 10.1. The van der Waals surface area contributed by atoms with Gasteiger partial charge in [-0.25, -0.2) is 4.57 Å². The van der Waals surface area contributed by atoms with Crippen LogP contribution in [0.5, 0.6) is 0 Å². The highest BCUT2D eigenvalue weighted by Crippen LogP contribution is 2.48. The molecule has 1 aromatic heterocycles. The first-order chi connectivity index (χ1) is 13.0. The molecular formula is C17H18BrN4O4P. The predicted molar refractivity (Wildman–Crippen MR) is 103 cm³/mol. The second-order valence-electron chi connectivity index (χ2n) is 5.56. The zero-order chi connectivity index (χ0) is 19.3. The molecule has 0 aliphatic carbocycles. The Morgan fingerprint density at radius 1 is 1.07 bits per heavy atom. The van der Waals surface area contributed by atoms with E-state index in [0.29, 0.717) is 12.4 Å². The summed E-state index contributed by atoms with van der Waals surface area (Å²) < 4.78 is 27.5. The monoisotopic (exact) mass is 452 g/mol. The summed E-state index contributed by atoms with van der Waals surface area (Å²) in [5.41, 5.74) is 2.73. The van der Waals surface area contributed by atoms with Crippen molar-refractivity contribution in [3.05, 3.63) is 64.1 Å². The fraction of sp³-hybridized carbons (Fsp3) is 0.235. The summed E-state index contributed by atoms with van der Waals surface area (Å²) in [6, 6.07) is 15.3. The molecular weight excluding hydrogens is 435 g/mol. The Kier molecular flexibility index (Phi) is 6.51. The van der Waals surface area contributed by atoms with Gasteiger partial charge in [0.25, 0.3) is 0 Å². The van der Waals surface area contributed by atoms with Gasteiger partial charge in [-0.05, 0) is 28.5 Å². The number of rotatable bonds is 8. The van der Waals surface area contributed by atoms with Crippen LogP contribution in [0.3, 0.4) is 0 Å². The lowest BCUT2D eigenvalue weighted by Gasteiger charge is -2.13. The molecule has 0 spiro atoms. The fourth-order valence-electron chi connectivity index (χ4n) is 2.29. The van der Waals surface area contributed by atoms with Crippen LogP contribution in [0.15, 0.2) is 53.0 Å². The molecule has 3 aromatic rings. The highest BCUT2D eigenvalue weighted by atomic mass is 79.9. The number of phosphoric ester groups is 1. The van der Waals surface area contributed by atoms with E-state index in [1.54, 1.807) is 0 Å². The lowest BCUT2D eigenvalue weighted by Crippen LogP contribution is -2.04. The number of halogens is 1. The molecule has 0 atom stereocenters. The van der Waals surface area contributed by atoms with E-state index in [4.69, 9.17) is 13.6 Å². The van der Waals surface area contributed by atoms with E-state index < -0.39 is 7.82 Å². The largest absolute Gasteiger partial charge is 0.474 e. The van der Waals surface area contributed by atoms with Crippen molar-refractivity contribution in [2.75, 3.05) is 14.2 Å². The molecule has 8 nitrogen and oxygen atoms in total. The zero-order valence-corrected chi connectivity index (χ0v) is 17.3. The van der Waals surface area contributed by atoms with E-state index in [2.05, 4.69) is 31.3 Å². The second kappa shape index (κ2) is 8.86. The topological polar surface area (TPSA) is 88.4 Å². The van der Waals surface area contributed by atoms with E-state index >= 15 is 0 Å². The van der Waals surface area contributed by atoms with Crippen LogP contribution in [-0.2, 0) is 31.3 Å². The summed E-state index contributed by atoms with van der Waals surface area (Å²) in [5.74, 6) is 0.566. The smallest absolute Gasteiger partial charge is 0.290 e. The van der Waals surface area contributed by atoms with E-state index in [-0.39, 0.29) is 6.61 Å². The summed E-state index contributed by atoms with van der Waals surface area (Å²) in [5, 5.41) is 12.6. The Bertz CT molecular complexity index is 940. The summed E-state index contributed by atoms with van der Waals surface area (Å²) in [4.78, 5) is 1.53. The first-order valence-electron chi connectivity index (χ1n) is 7.99. The number of nitrogens with zero attached hydrogens (tertiary/aromatic N) is 4. The van der Waals surface area contributed by atoms with E-state index in [9.17, 15) is 4.57 Å². The van der Waals surface area contributed by atoms with Crippen molar-refractivity contribution in [3.8, 4) is 11.4 Å². The van der Waals surface area contributed by atoms with Crippen molar-refractivity contribution in [2.24, 2.45) is 0 Å². The summed E-state index contributed by atoms with van der Waals surface area (Å²) in [7, 11) is -0.922. The number of benzene rings is 2. The molecule has 0 unspecified atom stereocenters. The van der Waals surface area contributed by atoms with Crippen LogP contribution < -0.4 is 0 Å². The Balaban J connectivity index is 1.63. The molecule has 0 aliphatic rings. The fourth-order valence-corrected chi connectivity index (χ4v) is 3.36. The third-order valence-corrected chi connectivity index (χ3v) is 5.55. The third kappa shape index (κ3) is 5.31. The summed E-state index contributed by atoms with van der Waals surface area (Å²) >= 11 is 3.43. The predicted octanol–water partition coefficient (Wildman–Crippen LogP) is 4.07. The molecule has 27 heavy (non-hydrogen) atoms. The first kappa shape index (κ1) is 19.9. The SMILES string of the molecule is COP(=O)(OC)OCc1ccc(Cn2nnc(-c3cccc(Br)c3)n2)cc1. The van der Waals surface area contributed by atoms with Gasteiger partial charge in [0.05, 0.1) is 13.2 Å². The van der Waals surface area contributed by atoms with Crippen LogP contribution >= 0.6 is 23.8 Å². The Morgan fingerprint density at radius 2 is 1.78 bits per heavy atom. The molecule has 0 amide bonds. The minimum absolute atomic E-state index is 0.119. The van der Waals surface area contributed by atoms with Gasteiger partial charge in [0, 0.05) is 24.3 Å². The minimum Gasteiger partial charge on any atom is -0.290 e. The molecule has 0 saturated heterocycles. The Hall–Kier alpha value is -1.90. The Morgan fingerprint density at radius 3 is 2.44 bits per heavy atom. The van der Waals surface area contributed by atoms with Gasteiger partial charge in [-0.1, -0.05) is 52.3 Å². The van der Waals surface area contributed by atoms with Gasteiger partial charge >= 0.3 is 7.82 Å². The average Bonchev–Trinajstić information content (AvgIpc) is 3.16. The molecule has 10 heteroatoms. The highest BCUT2D eigenvalue weighted by molar-refractivity contribution is 9.10. The Labute approximate surface area is 165 Å². The zero-order valence-electron chi connectivity index (χ0n) is 14.8. The number of aromatic nitrogens is 4. The number of phosphoric acid groups is 1. The molecule has 0 radical (unpaired) electrons. The van der Waals surface area contributed by atoms with Crippen molar-refractivity contribution in [1.82, 2.24) is 20.2 Å². The molecule has 0 fully saturated rings. The van der Waals surface area contributed by atoms with Crippen LogP contribution in [0.2, 0.25) is 0 Å². The molecule has 1 heterocycles. The first-order valence-corrected chi connectivity index (χ1v) is 10.2.